The highest BCUT2D eigenvalue weighted by Crippen LogP contribution is 2.49. The van der Waals surface area contributed by atoms with Gasteiger partial charge in [-0.15, -0.1) is 0 Å². The average Bonchev–Trinajstić information content (AvgIpc) is 3.46. The van der Waals surface area contributed by atoms with Crippen LogP contribution in [0.2, 0.25) is 0 Å². The predicted octanol–water partition coefficient (Wildman–Crippen LogP) is -2.70. The number of ether oxygens (including phenoxy) is 8. The fourth-order valence-corrected chi connectivity index (χ4v) is 6.76. The summed E-state index contributed by atoms with van der Waals surface area (Å²) in [7, 11) is 2.56. The summed E-state index contributed by atoms with van der Waals surface area (Å²) < 4.78 is 44.3. The van der Waals surface area contributed by atoms with Gasteiger partial charge in [-0.05, 0) is 30.2 Å². The topological polar surface area (TPSA) is 270 Å². The van der Waals surface area contributed by atoms with E-state index < -0.39 is 117 Å². The maximum Gasteiger partial charge on any atom is 0.337 e. The molecule has 3 heterocycles. The first-order chi connectivity index (χ1) is 24.3. The van der Waals surface area contributed by atoms with Crippen molar-refractivity contribution in [2.75, 3.05) is 27.4 Å². The lowest BCUT2D eigenvalue weighted by Gasteiger charge is -2.43. The van der Waals surface area contributed by atoms with Crippen molar-refractivity contribution in [3.8, 4) is 11.5 Å². The van der Waals surface area contributed by atoms with Crippen LogP contribution >= 0.6 is 0 Å². The summed E-state index contributed by atoms with van der Waals surface area (Å²) in [5.74, 6) is -2.79. The Labute approximate surface area is 291 Å². The van der Waals surface area contributed by atoms with E-state index in [9.17, 15) is 50.4 Å². The van der Waals surface area contributed by atoms with Crippen molar-refractivity contribution in [2.45, 2.75) is 87.2 Å². The van der Waals surface area contributed by atoms with E-state index in [1.54, 1.807) is 13.0 Å². The minimum atomic E-state index is -1.70. The van der Waals surface area contributed by atoms with Crippen LogP contribution in [-0.2, 0) is 38.0 Å². The fraction of sp³-hybridized carbons (Fsp3) is 0.636. The number of carbonyl (C=O) groups excluding carboxylic acids is 2. The number of carbonyl (C=O) groups is 2. The van der Waals surface area contributed by atoms with E-state index in [1.807, 2.05) is 0 Å². The number of hydrogen-bond donors (Lipinski definition) is 8. The van der Waals surface area contributed by atoms with Crippen LogP contribution in [-0.4, -0.2) is 154 Å². The average molecular weight is 729 g/mol. The second-order valence-corrected chi connectivity index (χ2v) is 12.7. The lowest BCUT2D eigenvalue weighted by atomic mass is 9.83. The maximum atomic E-state index is 13.0. The molecule has 18 heteroatoms. The van der Waals surface area contributed by atoms with Crippen LogP contribution in [0.5, 0.6) is 11.5 Å². The van der Waals surface area contributed by atoms with Gasteiger partial charge in [0.1, 0.15) is 54.9 Å². The molecule has 0 spiro atoms. The Balaban J connectivity index is 1.26. The SMILES string of the molecule is COC(=O)C1=CO[C@@H](O[C@@H]2O[C@H](CO)[C@@H](O)[C@H](O)[C@H]2O)[C@@H]2[C@@H](C)[C@@H](OC(=O)/C=C/c3ccc(O[C@@H]4O[C@H](CO)[C@@H](O)[C@H](O)[C@H]4O)c(OC)c3)C[C@H]12. The van der Waals surface area contributed by atoms with Crippen LogP contribution in [0.25, 0.3) is 6.08 Å². The van der Waals surface area contributed by atoms with E-state index in [1.165, 1.54) is 38.5 Å². The molecule has 18 nitrogen and oxygen atoms in total. The standard InChI is InChI=1S/C33H44O18/c1-13-18(9-15-16(30(43)45-3)12-46-31(23(13)15)51-33-29(42)27(40)25(38)21(11-35)50-33)47-22(36)7-5-14-4-6-17(19(8-14)44-2)48-32-28(41)26(39)24(37)20(10-34)49-32/h4-8,12-13,15,18,20-21,23-29,31-35,37-42H,9-11H2,1-3H3/b7-5+/t13-,15+,18-,20+,21+,23+,24+,25+,26-,27-,28+,29+,31-,32+,33-/m0/s1. The van der Waals surface area contributed by atoms with Gasteiger partial charge in [-0.25, -0.2) is 9.59 Å². The highest BCUT2D eigenvalue weighted by atomic mass is 16.8. The second-order valence-electron chi connectivity index (χ2n) is 12.7. The molecule has 0 radical (unpaired) electrons. The molecule has 1 aromatic carbocycles. The molecule has 3 fully saturated rings. The van der Waals surface area contributed by atoms with Crippen LogP contribution in [0.4, 0.5) is 0 Å². The Morgan fingerprint density at radius 2 is 1.47 bits per heavy atom. The van der Waals surface area contributed by atoms with Crippen molar-refractivity contribution in [1.82, 2.24) is 0 Å². The Morgan fingerprint density at radius 3 is 2.08 bits per heavy atom. The van der Waals surface area contributed by atoms with Gasteiger partial charge in [0, 0.05) is 23.8 Å². The quantitative estimate of drug-likeness (QED) is 0.0851. The minimum absolute atomic E-state index is 0.0983. The van der Waals surface area contributed by atoms with Gasteiger partial charge >= 0.3 is 11.9 Å². The summed E-state index contributed by atoms with van der Waals surface area (Å²) in [5, 5.41) is 80.2. The molecule has 0 bridgehead atoms. The van der Waals surface area contributed by atoms with E-state index in [2.05, 4.69) is 0 Å². The number of aliphatic hydroxyl groups is 8. The van der Waals surface area contributed by atoms with E-state index >= 15 is 0 Å². The summed E-state index contributed by atoms with van der Waals surface area (Å²) in [6.45, 7) is 0.471. The Bertz CT molecular complexity index is 1430. The Kier molecular flexibility index (Phi) is 12.6. The fourth-order valence-electron chi connectivity index (χ4n) is 6.76. The zero-order chi connectivity index (χ0) is 37.1. The van der Waals surface area contributed by atoms with Crippen LogP contribution in [0.3, 0.4) is 0 Å². The molecule has 3 aliphatic heterocycles. The summed E-state index contributed by atoms with van der Waals surface area (Å²) >= 11 is 0. The van der Waals surface area contributed by atoms with Gasteiger partial charge in [0.15, 0.2) is 17.8 Å². The smallest absolute Gasteiger partial charge is 0.337 e. The zero-order valence-corrected chi connectivity index (χ0v) is 27.9. The first kappa shape index (κ1) is 38.8. The molecule has 51 heavy (non-hydrogen) atoms. The van der Waals surface area contributed by atoms with Crippen molar-refractivity contribution in [2.24, 2.45) is 17.8 Å². The molecule has 15 atom stereocenters. The number of benzene rings is 1. The lowest BCUT2D eigenvalue weighted by Crippen LogP contribution is -2.60. The molecule has 0 aromatic heterocycles. The predicted molar refractivity (Wildman–Crippen MR) is 167 cm³/mol. The van der Waals surface area contributed by atoms with Crippen molar-refractivity contribution in [1.29, 1.82) is 0 Å². The molecule has 1 aliphatic carbocycles. The molecule has 1 saturated carbocycles. The Morgan fingerprint density at radius 1 is 0.843 bits per heavy atom. The molecule has 1 aromatic rings. The second kappa shape index (κ2) is 16.5. The first-order valence-corrected chi connectivity index (χ1v) is 16.3. The highest BCUT2D eigenvalue weighted by Gasteiger charge is 2.54. The van der Waals surface area contributed by atoms with Crippen LogP contribution in [0.15, 0.2) is 36.1 Å². The molecule has 8 N–H and O–H groups in total. The van der Waals surface area contributed by atoms with Gasteiger partial charge in [0.25, 0.3) is 0 Å². The summed E-state index contributed by atoms with van der Waals surface area (Å²) in [4.78, 5) is 25.7. The van der Waals surface area contributed by atoms with Crippen molar-refractivity contribution < 1.29 is 88.3 Å². The van der Waals surface area contributed by atoms with E-state index in [0.29, 0.717) is 5.56 Å². The van der Waals surface area contributed by atoms with E-state index in [4.69, 9.17) is 37.9 Å². The van der Waals surface area contributed by atoms with E-state index in [-0.39, 0.29) is 23.5 Å². The third kappa shape index (κ3) is 8.01. The number of rotatable bonds is 11. The number of methoxy groups -OCH3 is 2. The molecular formula is C33H44O18. The lowest BCUT2D eigenvalue weighted by molar-refractivity contribution is -0.342. The molecule has 0 unspecified atom stereocenters. The number of fused-ring (bicyclic) bond motifs is 1. The normalized spacial score (nSPS) is 39.4. The van der Waals surface area contributed by atoms with Crippen molar-refractivity contribution in [3.63, 3.8) is 0 Å². The molecule has 2 saturated heterocycles. The maximum absolute atomic E-state index is 13.0. The highest BCUT2D eigenvalue weighted by molar-refractivity contribution is 5.89. The van der Waals surface area contributed by atoms with Crippen LogP contribution in [0.1, 0.15) is 18.9 Å². The molecular weight excluding hydrogens is 684 g/mol. The summed E-state index contributed by atoms with van der Waals surface area (Å²) in [6.07, 6.45) is -13.1. The number of hydrogen-bond acceptors (Lipinski definition) is 18. The third-order valence-corrected chi connectivity index (χ3v) is 9.68. The minimum Gasteiger partial charge on any atom is -0.493 e. The molecule has 284 valence electrons. The monoisotopic (exact) mass is 728 g/mol. The van der Waals surface area contributed by atoms with Crippen LogP contribution in [0, 0.1) is 17.8 Å². The van der Waals surface area contributed by atoms with Gasteiger partial charge in [0.2, 0.25) is 12.6 Å². The largest absolute Gasteiger partial charge is 0.493 e. The van der Waals surface area contributed by atoms with Crippen LogP contribution < -0.4 is 9.47 Å². The molecule has 0 amide bonds. The van der Waals surface area contributed by atoms with E-state index in [0.717, 1.165) is 6.26 Å². The van der Waals surface area contributed by atoms with Gasteiger partial charge < -0.3 is 78.7 Å². The first-order valence-electron chi connectivity index (χ1n) is 16.3. The van der Waals surface area contributed by atoms with Crippen molar-refractivity contribution in [3.05, 3.63) is 41.7 Å². The summed E-state index contributed by atoms with van der Waals surface area (Å²) in [6, 6.07) is 4.54. The van der Waals surface area contributed by atoms with Gasteiger partial charge in [0.05, 0.1) is 39.3 Å². The van der Waals surface area contributed by atoms with Gasteiger partial charge in [-0.1, -0.05) is 13.0 Å². The zero-order valence-electron chi connectivity index (χ0n) is 27.9. The molecule has 4 aliphatic rings. The molecule has 5 rings (SSSR count). The number of aliphatic hydroxyl groups excluding tert-OH is 8. The van der Waals surface area contributed by atoms with Gasteiger partial charge in [-0.3, -0.25) is 0 Å². The third-order valence-electron chi connectivity index (χ3n) is 9.68. The Hall–Kier alpha value is -3.40. The van der Waals surface area contributed by atoms with Crippen molar-refractivity contribution >= 4 is 18.0 Å². The van der Waals surface area contributed by atoms with Gasteiger partial charge in [-0.2, -0.15) is 0 Å². The number of esters is 2. The summed E-state index contributed by atoms with van der Waals surface area (Å²) in [5.41, 5.74) is 0.658.